The summed E-state index contributed by atoms with van der Waals surface area (Å²) in [6.07, 6.45) is 0.928. The van der Waals surface area contributed by atoms with Crippen molar-refractivity contribution in [3.63, 3.8) is 0 Å². The van der Waals surface area contributed by atoms with Crippen molar-refractivity contribution in [1.29, 1.82) is 0 Å². The lowest BCUT2D eigenvalue weighted by molar-refractivity contribution is -0.156. The number of nitrogens with one attached hydrogen (secondary N) is 1. The van der Waals surface area contributed by atoms with E-state index in [-0.39, 0.29) is 80.8 Å². The van der Waals surface area contributed by atoms with Crippen LogP contribution >= 0.6 is 7.82 Å². The minimum Gasteiger partial charge on any atom is -0.465 e. The highest BCUT2D eigenvalue weighted by Crippen LogP contribution is 2.43. The molecule has 1 aliphatic heterocycles. The molecule has 1 aliphatic rings. The molecule has 1 saturated heterocycles. The number of imide groups is 1. The number of phosphoric ester groups is 1. The molecule has 214 valence electrons. The second-order valence-electron chi connectivity index (χ2n) is 12.4. The SMILES string of the molecule is CC(C)(C)CC(C)(C)C(=O)OCCCOP(=O)(O)OCCNC(=O)CCN1C(=O)CC(C(C)(C)C)C1=O. The van der Waals surface area contributed by atoms with E-state index in [1.165, 1.54) is 0 Å². The number of carbonyl (C=O) groups excluding carboxylic acids is 4. The lowest BCUT2D eigenvalue weighted by Gasteiger charge is -2.30. The Balaban J connectivity index is 2.24. The molecule has 1 heterocycles. The second kappa shape index (κ2) is 13.3. The summed E-state index contributed by atoms with van der Waals surface area (Å²) >= 11 is 0. The van der Waals surface area contributed by atoms with Gasteiger partial charge in [-0.2, -0.15) is 0 Å². The minimum absolute atomic E-state index is 0.0174. The molecule has 0 radical (unpaired) electrons. The predicted molar refractivity (Wildman–Crippen MR) is 137 cm³/mol. The van der Waals surface area contributed by atoms with Gasteiger partial charge in [0.25, 0.3) is 0 Å². The average Bonchev–Trinajstić information content (AvgIpc) is 3.01. The van der Waals surface area contributed by atoms with Crippen molar-refractivity contribution in [3.05, 3.63) is 0 Å². The highest BCUT2D eigenvalue weighted by atomic mass is 31.2. The highest BCUT2D eigenvalue weighted by Gasteiger charge is 2.44. The summed E-state index contributed by atoms with van der Waals surface area (Å²) < 4.78 is 26.9. The Morgan fingerprint density at radius 1 is 1.03 bits per heavy atom. The third-order valence-electron chi connectivity index (χ3n) is 5.83. The van der Waals surface area contributed by atoms with Crippen molar-refractivity contribution in [2.75, 3.05) is 32.9 Å². The first-order valence-electron chi connectivity index (χ1n) is 12.7. The van der Waals surface area contributed by atoms with Crippen LogP contribution in [0.1, 0.15) is 81.1 Å². The zero-order valence-corrected chi connectivity index (χ0v) is 24.4. The van der Waals surface area contributed by atoms with E-state index in [9.17, 15) is 28.6 Å². The monoisotopic (exact) mass is 548 g/mol. The van der Waals surface area contributed by atoms with Gasteiger partial charge in [0.05, 0.1) is 31.2 Å². The molecular weight excluding hydrogens is 503 g/mol. The van der Waals surface area contributed by atoms with Crippen LogP contribution in [0.2, 0.25) is 0 Å². The highest BCUT2D eigenvalue weighted by molar-refractivity contribution is 7.47. The van der Waals surface area contributed by atoms with Gasteiger partial charge in [0, 0.05) is 32.4 Å². The van der Waals surface area contributed by atoms with Gasteiger partial charge in [0.1, 0.15) is 0 Å². The van der Waals surface area contributed by atoms with Crippen LogP contribution in [-0.4, -0.2) is 66.4 Å². The van der Waals surface area contributed by atoms with Crippen LogP contribution < -0.4 is 5.32 Å². The maximum atomic E-state index is 12.5. The molecule has 37 heavy (non-hydrogen) atoms. The van der Waals surface area contributed by atoms with E-state index in [4.69, 9.17) is 13.8 Å². The van der Waals surface area contributed by atoms with Crippen LogP contribution in [0, 0.1) is 22.2 Å². The third-order valence-corrected chi connectivity index (χ3v) is 6.85. The summed E-state index contributed by atoms with van der Waals surface area (Å²) in [5.41, 5.74) is -1.02. The molecule has 0 aliphatic carbocycles. The summed E-state index contributed by atoms with van der Waals surface area (Å²) in [5.74, 6) is -1.72. The number of hydrogen-bond acceptors (Lipinski definition) is 8. The second-order valence-corrected chi connectivity index (χ2v) is 13.8. The van der Waals surface area contributed by atoms with Gasteiger partial charge in [0.2, 0.25) is 17.7 Å². The van der Waals surface area contributed by atoms with E-state index in [1.807, 2.05) is 55.4 Å². The van der Waals surface area contributed by atoms with E-state index < -0.39 is 25.1 Å². The van der Waals surface area contributed by atoms with Crippen LogP contribution in [0.3, 0.4) is 0 Å². The molecule has 1 rings (SSSR count). The molecule has 11 nitrogen and oxygen atoms in total. The van der Waals surface area contributed by atoms with Crippen LogP contribution in [-0.2, 0) is 37.5 Å². The maximum absolute atomic E-state index is 12.5. The Morgan fingerprint density at radius 2 is 1.62 bits per heavy atom. The van der Waals surface area contributed by atoms with E-state index in [1.54, 1.807) is 0 Å². The smallest absolute Gasteiger partial charge is 0.465 e. The van der Waals surface area contributed by atoms with Crippen molar-refractivity contribution in [1.82, 2.24) is 10.2 Å². The molecule has 0 bridgehead atoms. The lowest BCUT2D eigenvalue weighted by atomic mass is 9.76. The fourth-order valence-electron chi connectivity index (χ4n) is 4.28. The van der Waals surface area contributed by atoms with E-state index >= 15 is 0 Å². The Morgan fingerprint density at radius 3 is 2.16 bits per heavy atom. The summed E-state index contributed by atoms with van der Waals surface area (Å²) in [6, 6.07) is 0. The number of amides is 3. The van der Waals surface area contributed by atoms with Crippen molar-refractivity contribution in [2.24, 2.45) is 22.2 Å². The van der Waals surface area contributed by atoms with E-state index in [0.29, 0.717) is 6.42 Å². The van der Waals surface area contributed by atoms with Gasteiger partial charge < -0.3 is 14.9 Å². The van der Waals surface area contributed by atoms with Crippen molar-refractivity contribution < 1.29 is 42.4 Å². The van der Waals surface area contributed by atoms with Crippen LogP contribution in [0.4, 0.5) is 0 Å². The number of ether oxygens (including phenoxy) is 1. The van der Waals surface area contributed by atoms with E-state index in [2.05, 4.69) is 5.32 Å². The molecule has 0 aromatic heterocycles. The molecule has 2 atom stereocenters. The maximum Gasteiger partial charge on any atom is 0.472 e. The Kier molecular flexibility index (Phi) is 12.0. The third kappa shape index (κ3) is 12.1. The first-order valence-corrected chi connectivity index (χ1v) is 14.1. The summed E-state index contributed by atoms with van der Waals surface area (Å²) in [7, 11) is -4.34. The molecule has 12 heteroatoms. The zero-order chi connectivity index (χ0) is 28.7. The molecule has 2 N–H and O–H groups in total. The van der Waals surface area contributed by atoms with Gasteiger partial charge >= 0.3 is 13.8 Å². The van der Waals surface area contributed by atoms with Gasteiger partial charge in [-0.3, -0.25) is 33.1 Å². The van der Waals surface area contributed by atoms with Gasteiger partial charge in [0.15, 0.2) is 0 Å². The molecule has 0 aromatic rings. The van der Waals surface area contributed by atoms with Gasteiger partial charge in [-0.15, -0.1) is 0 Å². The van der Waals surface area contributed by atoms with Gasteiger partial charge in [-0.1, -0.05) is 41.5 Å². The quantitative estimate of drug-likeness (QED) is 0.144. The first kappa shape index (κ1) is 33.2. The Hall–Kier alpha value is -1.81. The zero-order valence-electron chi connectivity index (χ0n) is 23.5. The van der Waals surface area contributed by atoms with Crippen LogP contribution in [0.25, 0.3) is 0 Å². The molecule has 2 unspecified atom stereocenters. The van der Waals surface area contributed by atoms with Crippen LogP contribution in [0.5, 0.6) is 0 Å². The largest absolute Gasteiger partial charge is 0.472 e. The normalized spacial score (nSPS) is 18.6. The summed E-state index contributed by atoms with van der Waals surface area (Å²) in [5, 5.41) is 2.51. The van der Waals surface area contributed by atoms with Gasteiger partial charge in [-0.05, 0) is 31.1 Å². The standard InChI is InChI=1S/C25H45N2O9P/c1-23(2,3)17-25(7,8)22(31)34-13-9-14-35-37(32,33)36-15-11-26-19(28)10-12-27-20(29)16-18(21(27)30)24(4,5)6/h18H,9-17H2,1-8H3,(H,26,28)(H,32,33). The minimum atomic E-state index is -4.34. The predicted octanol–water partition coefficient (Wildman–Crippen LogP) is 3.44. The molecule has 0 spiro atoms. The number of rotatable bonds is 14. The lowest BCUT2D eigenvalue weighted by Crippen LogP contribution is -2.37. The molecule has 0 saturated carbocycles. The number of phosphoric acid groups is 1. The van der Waals surface area contributed by atoms with Crippen molar-refractivity contribution >= 4 is 31.5 Å². The fraction of sp³-hybridized carbons (Fsp3) is 0.840. The number of nitrogens with zero attached hydrogens (tertiary/aromatic N) is 1. The Labute approximate surface area is 220 Å². The topological polar surface area (TPSA) is 149 Å². The van der Waals surface area contributed by atoms with Crippen molar-refractivity contribution in [2.45, 2.75) is 81.1 Å². The molecular formula is C25H45N2O9P. The molecule has 3 amide bonds. The van der Waals surface area contributed by atoms with Gasteiger partial charge in [-0.25, -0.2) is 4.57 Å². The Bertz CT molecular complexity index is 874. The fourth-order valence-corrected chi connectivity index (χ4v) is 5.04. The summed E-state index contributed by atoms with van der Waals surface area (Å²) in [4.78, 5) is 59.8. The van der Waals surface area contributed by atoms with Crippen molar-refractivity contribution in [3.8, 4) is 0 Å². The first-order chi connectivity index (χ1) is 16.8. The average molecular weight is 549 g/mol. The molecule has 1 fully saturated rings. The number of esters is 1. The van der Waals surface area contributed by atoms with Crippen LogP contribution in [0.15, 0.2) is 0 Å². The number of carbonyl (C=O) groups is 4. The van der Waals surface area contributed by atoms with E-state index in [0.717, 1.165) is 4.90 Å². The number of hydrogen-bond donors (Lipinski definition) is 2. The summed E-state index contributed by atoms with van der Waals surface area (Å²) in [6.45, 7) is 15.0. The molecule has 0 aromatic carbocycles. The number of likely N-dealkylation sites (tertiary alicyclic amines) is 1.